The van der Waals surface area contributed by atoms with E-state index in [1.165, 1.54) is 13.2 Å². The third-order valence-electron chi connectivity index (χ3n) is 4.23. The Balaban J connectivity index is 1.90. The number of phenols is 1. The van der Waals surface area contributed by atoms with E-state index in [1.54, 1.807) is 23.0 Å². The van der Waals surface area contributed by atoms with Crippen molar-refractivity contribution in [2.45, 2.75) is 25.8 Å². The third kappa shape index (κ3) is 3.74. The van der Waals surface area contributed by atoms with E-state index in [-0.39, 0.29) is 5.75 Å². The SMILES string of the molecule is COC(=O)/C=C/c1ccc(O)c(C(C)(C)Cn2nc3ccccc3n2)c1. The van der Waals surface area contributed by atoms with Crippen LogP contribution in [-0.4, -0.2) is 33.2 Å². The first-order valence-electron chi connectivity index (χ1n) is 8.28. The van der Waals surface area contributed by atoms with E-state index in [4.69, 9.17) is 0 Å². The lowest BCUT2D eigenvalue weighted by molar-refractivity contribution is -0.134. The zero-order valence-electron chi connectivity index (χ0n) is 15.0. The molecule has 1 heterocycles. The Morgan fingerprint density at radius 3 is 2.46 bits per heavy atom. The molecule has 0 aliphatic heterocycles. The standard InChI is InChI=1S/C20H21N3O3/c1-20(2,13-23-21-16-6-4-5-7-17(16)22-23)15-12-14(8-10-18(15)24)9-11-19(25)26-3/h4-12,24H,13H2,1-3H3/b11-9+. The van der Waals surface area contributed by atoms with Crippen molar-refractivity contribution in [1.29, 1.82) is 0 Å². The van der Waals surface area contributed by atoms with Gasteiger partial charge in [0.1, 0.15) is 16.8 Å². The summed E-state index contributed by atoms with van der Waals surface area (Å²) in [6.07, 6.45) is 3.01. The van der Waals surface area contributed by atoms with Crippen LogP contribution in [0, 0.1) is 0 Å². The summed E-state index contributed by atoms with van der Waals surface area (Å²) >= 11 is 0. The maximum Gasteiger partial charge on any atom is 0.330 e. The van der Waals surface area contributed by atoms with Crippen LogP contribution in [0.5, 0.6) is 5.75 Å². The molecule has 0 spiro atoms. The van der Waals surface area contributed by atoms with Crippen LogP contribution in [0.1, 0.15) is 25.0 Å². The van der Waals surface area contributed by atoms with E-state index in [9.17, 15) is 9.90 Å². The average molecular weight is 351 g/mol. The summed E-state index contributed by atoms with van der Waals surface area (Å²) in [7, 11) is 1.33. The van der Waals surface area contributed by atoms with Crippen LogP contribution < -0.4 is 0 Å². The van der Waals surface area contributed by atoms with Gasteiger partial charge in [0.05, 0.1) is 13.7 Å². The van der Waals surface area contributed by atoms with Crippen LogP contribution in [0.4, 0.5) is 0 Å². The molecule has 3 aromatic rings. The van der Waals surface area contributed by atoms with Crippen LogP contribution in [0.25, 0.3) is 17.1 Å². The van der Waals surface area contributed by atoms with Gasteiger partial charge < -0.3 is 9.84 Å². The third-order valence-corrected chi connectivity index (χ3v) is 4.23. The lowest BCUT2D eigenvalue weighted by Gasteiger charge is -2.25. The van der Waals surface area contributed by atoms with Crippen molar-refractivity contribution < 1.29 is 14.6 Å². The molecule has 0 amide bonds. The molecule has 6 heteroatoms. The molecule has 0 radical (unpaired) electrons. The number of benzene rings is 2. The first-order chi connectivity index (χ1) is 12.4. The summed E-state index contributed by atoms with van der Waals surface area (Å²) in [6, 6.07) is 12.9. The van der Waals surface area contributed by atoms with Crippen LogP contribution in [0.15, 0.2) is 48.5 Å². The zero-order valence-corrected chi connectivity index (χ0v) is 15.0. The molecule has 0 saturated heterocycles. The Hall–Kier alpha value is -3.15. The molecule has 0 aliphatic rings. The summed E-state index contributed by atoms with van der Waals surface area (Å²) in [5, 5.41) is 19.3. The van der Waals surface area contributed by atoms with Crippen molar-refractivity contribution in [2.75, 3.05) is 7.11 Å². The minimum Gasteiger partial charge on any atom is -0.508 e. The Morgan fingerprint density at radius 2 is 1.85 bits per heavy atom. The molecule has 6 nitrogen and oxygen atoms in total. The zero-order chi connectivity index (χ0) is 18.7. The van der Waals surface area contributed by atoms with E-state index in [1.807, 2.05) is 44.2 Å². The molecule has 0 aliphatic carbocycles. The second kappa shape index (κ2) is 7.00. The van der Waals surface area contributed by atoms with E-state index < -0.39 is 11.4 Å². The van der Waals surface area contributed by atoms with Gasteiger partial charge in [-0.1, -0.05) is 32.0 Å². The monoisotopic (exact) mass is 351 g/mol. The summed E-state index contributed by atoms with van der Waals surface area (Å²) in [5.74, 6) is -0.228. The molecular formula is C20H21N3O3. The topological polar surface area (TPSA) is 77.2 Å². The van der Waals surface area contributed by atoms with Gasteiger partial charge in [0.25, 0.3) is 0 Å². The first kappa shape index (κ1) is 17.7. The highest BCUT2D eigenvalue weighted by Gasteiger charge is 2.26. The van der Waals surface area contributed by atoms with E-state index in [0.29, 0.717) is 6.54 Å². The van der Waals surface area contributed by atoms with Gasteiger partial charge in [-0.2, -0.15) is 15.0 Å². The Bertz CT molecular complexity index is 940. The van der Waals surface area contributed by atoms with Crippen molar-refractivity contribution in [1.82, 2.24) is 15.0 Å². The number of aromatic nitrogens is 3. The Morgan fingerprint density at radius 1 is 1.19 bits per heavy atom. The van der Waals surface area contributed by atoms with Gasteiger partial charge in [0, 0.05) is 17.1 Å². The summed E-state index contributed by atoms with van der Waals surface area (Å²) in [5.41, 5.74) is 2.80. The highest BCUT2D eigenvalue weighted by molar-refractivity contribution is 5.87. The van der Waals surface area contributed by atoms with Gasteiger partial charge in [-0.15, -0.1) is 0 Å². The minimum atomic E-state index is -0.425. The van der Waals surface area contributed by atoms with Crippen LogP contribution in [-0.2, 0) is 21.5 Å². The van der Waals surface area contributed by atoms with Crippen LogP contribution in [0.3, 0.4) is 0 Å². The van der Waals surface area contributed by atoms with Gasteiger partial charge in [-0.05, 0) is 35.9 Å². The van der Waals surface area contributed by atoms with Crippen molar-refractivity contribution >= 4 is 23.1 Å². The number of aromatic hydroxyl groups is 1. The molecule has 0 unspecified atom stereocenters. The van der Waals surface area contributed by atoms with Gasteiger partial charge in [0.15, 0.2) is 0 Å². The normalized spacial score (nSPS) is 12.0. The summed E-state index contributed by atoms with van der Waals surface area (Å²) < 4.78 is 4.61. The molecule has 2 aromatic carbocycles. The quantitative estimate of drug-likeness (QED) is 0.564. The van der Waals surface area contributed by atoms with Gasteiger partial charge in [0.2, 0.25) is 0 Å². The number of phenolic OH excluding ortho intramolecular Hbond substituents is 1. The Labute approximate surface area is 151 Å². The molecule has 0 bridgehead atoms. The molecular weight excluding hydrogens is 330 g/mol. The van der Waals surface area contributed by atoms with Gasteiger partial charge >= 0.3 is 5.97 Å². The number of fused-ring (bicyclic) bond motifs is 1. The highest BCUT2D eigenvalue weighted by atomic mass is 16.5. The minimum absolute atomic E-state index is 0.196. The number of carbonyl (C=O) groups excluding carboxylic acids is 1. The molecule has 3 rings (SSSR count). The number of hydrogen-bond donors (Lipinski definition) is 1. The number of ether oxygens (including phenoxy) is 1. The second-order valence-electron chi connectivity index (χ2n) is 6.74. The van der Waals surface area contributed by atoms with Crippen molar-refractivity contribution in [3.05, 3.63) is 59.7 Å². The number of carbonyl (C=O) groups is 1. The first-order valence-corrected chi connectivity index (χ1v) is 8.28. The lowest BCUT2D eigenvalue weighted by Crippen LogP contribution is -2.26. The summed E-state index contributed by atoms with van der Waals surface area (Å²) in [4.78, 5) is 12.9. The molecule has 1 N–H and O–H groups in total. The molecule has 26 heavy (non-hydrogen) atoms. The average Bonchev–Trinajstić information content (AvgIpc) is 3.01. The molecule has 0 fully saturated rings. The number of methoxy groups -OCH3 is 1. The second-order valence-corrected chi connectivity index (χ2v) is 6.74. The highest BCUT2D eigenvalue weighted by Crippen LogP contribution is 2.33. The molecule has 0 saturated carbocycles. The number of esters is 1. The van der Waals surface area contributed by atoms with Crippen LogP contribution in [0.2, 0.25) is 0 Å². The van der Waals surface area contributed by atoms with Crippen molar-refractivity contribution in [3.63, 3.8) is 0 Å². The van der Waals surface area contributed by atoms with Gasteiger partial charge in [-0.3, -0.25) is 0 Å². The van der Waals surface area contributed by atoms with Crippen LogP contribution >= 0.6 is 0 Å². The molecule has 1 aromatic heterocycles. The predicted octanol–water partition coefficient (Wildman–Crippen LogP) is 3.30. The van der Waals surface area contributed by atoms with Crippen molar-refractivity contribution in [2.24, 2.45) is 0 Å². The smallest absolute Gasteiger partial charge is 0.330 e. The van der Waals surface area contributed by atoms with E-state index in [2.05, 4.69) is 14.9 Å². The lowest BCUT2D eigenvalue weighted by atomic mass is 9.83. The number of rotatable bonds is 5. The fourth-order valence-corrected chi connectivity index (χ4v) is 2.85. The molecule has 134 valence electrons. The van der Waals surface area contributed by atoms with E-state index in [0.717, 1.165) is 22.2 Å². The maximum absolute atomic E-state index is 11.3. The fourth-order valence-electron chi connectivity index (χ4n) is 2.85. The number of hydrogen-bond acceptors (Lipinski definition) is 5. The molecule has 0 atom stereocenters. The number of nitrogens with zero attached hydrogens (tertiary/aromatic N) is 3. The van der Waals surface area contributed by atoms with E-state index >= 15 is 0 Å². The summed E-state index contributed by atoms with van der Waals surface area (Å²) in [6.45, 7) is 4.53. The predicted molar refractivity (Wildman–Crippen MR) is 99.7 cm³/mol. The van der Waals surface area contributed by atoms with Gasteiger partial charge in [-0.25, -0.2) is 4.79 Å². The maximum atomic E-state index is 11.3. The van der Waals surface area contributed by atoms with Crippen molar-refractivity contribution in [3.8, 4) is 5.75 Å². The Kier molecular flexibility index (Phi) is 4.75. The largest absolute Gasteiger partial charge is 0.508 e. The fraction of sp³-hybridized carbons (Fsp3) is 0.250.